The molecule has 1 N–H and O–H groups in total. The minimum absolute atomic E-state index is 0.141. The molecule has 32 heavy (non-hydrogen) atoms. The summed E-state index contributed by atoms with van der Waals surface area (Å²) in [5.41, 5.74) is 2.38. The summed E-state index contributed by atoms with van der Waals surface area (Å²) in [6, 6.07) is 5.93. The van der Waals surface area contributed by atoms with E-state index in [1.165, 1.54) is 38.5 Å². The van der Waals surface area contributed by atoms with Crippen molar-refractivity contribution in [1.29, 1.82) is 0 Å². The Morgan fingerprint density at radius 3 is 2.69 bits per heavy atom. The molecule has 0 aromatic heterocycles. The van der Waals surface area contributed by atoms with Crippen molar-refractivity contribution in [1.82, 2.24) is 4.90 Å². The second kappa shape index (κ2) is 7.72. The van der Waals surface area contributed by atoms with Gasteiger partial charge in [-0.25, -0.2) is 0 Å². The van der Waals surface area contributed by atoms with Crippen molar-refractivity contribution in [3.8, 4) is 0 Å². The van der Waals surface area contributed by atoms with Gasteiger partial charge in [-0.15, -0.1) is 0 Å². The third-order valence-electron chi connectivity index (χ3n) is 9.74. The van der Waals surface area contributed by atoms with E-state index in [4.69, 9.17) is 0 Å². The molecule has 4 nitrogen and oxygen atoms in total. The number of likely N-dealkylation sites (N-methyl/N-ethyl adjacent to an activating group) is 1. The van der Waals surface area contributed by atoms with Crippen LogP contribution in [-0.2, 0) is 9.59 Å². The molecule has 6 atom stereocenters. The smallest absolute Gasteiger partial charge is 0.260 e. The predicted molar refractivity (Wildman–Crippen MR) is 131 cm³/mol. The Hall–Kier alpha value is -1.62. The second-order valence-electron chi connectivity index (χ2n) is 11.3. The van der Waals surface area contributed by atoms with E-state index in [2.05, 4.69) is 41.2 Å². The first-order valence-electron chi connectivity index (χ1n) is 12.2. The van der Waals surface area contributed by atoms with Crippen molar-refractivity contribution < 1.29 is 9.59 Å². The topological polar surface area (TPSA) is 49.4 Å². The summed E-state index contributed by atoms with van der Waals surface area (Å²) < 4.78 is 0.945. The first kappa shape index (κ1) is 22.2. The van der Waals surface area contributed by atoms with Crippen molar-refractivity contribution >= 4 is 33.4 Å². The van der Waals surface area contributed by atoms with Crippen LogP contribution in [0.4, 0.5) is 5.69 Å². The number of fused-ring (bicyclic) bond motifs is 5. The molecular weight excluding hydrogens is 464 g/mol. The van der Waals surface area contributed by atoms with Gasteiger partial charge < -0.3 is 10.2 Å². The molecule has 1 heterocycles. The normalized spacial score (nSPS) is 38.5. The molecule has 5 heteroatoms. The van der Waals surface area contributed by atoms with Crippen molar-refractivity contribution in [2.75, 3.05) is 12.4 Å². The van der Waals surface area contributed by atoms with E-state index < -0.39 is 0 Å². The average molecular weight is 499 g/mol. The fourth-order valence-corrected chi connectivity index (χ4v) is 8.34. The summed E-state index contributed by atoms with van der Waals surface area (Å²) in [5, 5.41) is 3.01. The lowest BCUT2D eigenvalue weighted by molar-refractivity contribution is -0.141. The van der Waals surface area contributed by atoms with Gasteiger partial charge in [0.1, 0.15) is 5.57 Å². The largest absolute Gasteiger partial charge is 0.338 e. The zero-order valence-electron chi connectivity index (χ0n) is 19.7. The average Bonchev–Trinajstić information content (AvgIpc) is 3.16. The van der Waals surface area contributed by atoms with Crippen LogP contribution in [0, 0.1) is 35.5 Å². The number of amides is 2. The fourth-order valence-electron chi connectivity index (χ4n) is 7.98. The van der Waals surface area contributed by atoms with Gasteiger partial charge >= 0.3 is 0 Å². The van der Waals surface area contributed by atoms with Crippen LogP contribution in [0.2, 0.25) is 0 Å². The molecule has 172 valence electrons. The SMILES string of the molecule is Cc1c(Br)cccc1NC(=O)C1=C[C@@]2(C)C(CC[C@@H]3[C@H]2CC[C@]2(C)CCC[C@@H]32)N(C)C1=O. The van der Waals surface area contributed by atoms with Gasteiger partial charge in [0.15, 0.2) is 0 Å². The van der Waals surface area contributed by atoms with Crippen LogP contribution in [0.3, 0.4) is 0 Å². The minimum Gasteiger partial charge on any atom is -0.338 e. The fraction of sp³-hybridized carbons (Fsp3) is 0.630. The van der Waals surface area contributed by atoms with Crippen LogP contribution in [0.15, 0.2) is 34.3 Å². The first-order valence-corrected chi connectivity index (χ1v) is 13.0. The predicted octanol–water partition coefficient (Wildman–Crippen LogP) is 6.10. The number of hydrogen-bond acceptors (Lipinski definition) is 2. The molecule has 4 aliphatic rings. The quantitative estimate of drug-likeness (QED) is 0.501. The Kier molecular flexibility index (Phi) is 5.35. The van der Waals surface area contributed by atoms with Gasteiger partial charge in [-0.2, -0.15) is 0 Å². The monoisotopic (exact) mass is 498 g/mol. The van der Waals surface area contributed by atoms with Crippen molar-refractivity contribution in [3.05, 3.63) is 39.9 Å². The van der Waals surface area contributed by atoms with Gasteiger partial charge in [0.05, 0.1) is 0 Å². The van der Waals surface area contributed by atoms with Crippen LogP contribution in [0.1, 0.15) is 64.4 Å². The lowest BCUT2D eigenvalue weighted by Gasteiger charge is -2.60. The van der Waals surface area contributed by atoms with Crippen molar-refractivity contribution in [2.24, 2.45) is 28.6 Å². The van der Waals surface area contributed by atoms with Gasteiger partial charge in [-0.05, 0) is 86.3 Å². The van der Waals surface area contributed by atoms with Crippen LogP contribution in [-0.4, -0.2) is 29.8 Å². The highest BCUT2D eigenvalue weighted by molar-refractivity contribution is 9.10. The molecule has 0 radical (unpaired) electrons. The number of halogens is 1. The molecule has 3 aliphatic carbocycles. The van der Waals surface area contributed by atoms with Gasteiger partial charge in [-0.1, -0.05) is 48.3 Å². The van der Waals surface area contributed by atoms with E-state index in [1.807, 2.05) is 37.1 Å². The standard InChI is InChI=1S/C27H35BrN2O2/c1-16-21(28)8-5-9-22(16)29-24(31)18-15-27(3)20-12-14-26(2)13-6-7-19(26)17(20)10-11-23(27)30(4)25(18)32/h5,8-9,15,17,19-20,23H,6-7,10-14H2,1-4H3,(H,29,31)/t17-,19-,20+,23?,26-,27+/m0/s1. The summed E-state index contributed by atoms with van der Waals surface area (Å²) in [6.45, 7) is 6.81. The number of nitrogens with zero attached hydrogens (tertiary/aromatic N) is 1. The second-order valence-corrected chi connectivity index (χ2v) is 12.1. The number of benzene rings is 1. The Morgan fingerprint density at radius 2 is 1.91 bits per heavy atom. The Morgan fingerprint density at radius 1 is 1.12 bits per heavy atom. The number of carbonyl (C=O) groups is 2. The number of nitrogens with one attached hydrogen (secondary N) is 1. The minimum atomic E-state index is -0.286. The highest BCUT2D eigenvalue weighted by Gasteiger charge is 2.59. The Bertz CT molecular complexity index is 1000. The molecular formula is C27H35BrN2O2. The lowest BCUT2D eigenvalue weighted by atomic mass is 9.48. The van der Waals surface area contributed by atoms with Crippen LogP contribution in [0.25, 0.3) is 0 Å². The molecule has 3 fully saturated rings. The summed E-state index contributed by atoms with van der Waals surface area (Å²) in [4.78, 5) is 28.5. The van der Waals surface area contributed by atoms with Crippen LogP contribution < -0.4 is 5.32 Å². The molecule has 1 unspecified atom stereocenters. The molecule has 0 spiro atoms. The summed E-state index contributed by atoms with van der Waals surface area (Å²) >= 11 is 3.53. The number of rotatable bonds is 2. The maximum absolute atomic E-state index is 13.4. The summed E-state index contributed by atoms with van der Waals surface area (Å²) in [5.74, 6) is 1.64. The molecule has 1 aliphatic heterocycles. The zero-order valence-corrected chi connectivity index (χ0v) is 21.3. The molecule has 1 aromatic rings. The van der Waals surface area contributed by atoms with Gasteiger partial charge in [0.25, 0.3) is 11.8 Å². The van der Waals surface area contributed by atoms with Crippen molar-refractivity contribution in [2.45, 2.75) is 71.8 Å². The molecule has 0 saturated heterocycles. The molecule has 1 aromatic carbocycles. The zero-order chi connectivity index (χ0) is 22.8. The molecule has 5 rings (SSSR count). The molecule has 2 amide bonds. The first-order chi connectivity index (χ1) is 15.2. The van der Waals surface area contributed by atoms with Gasteiger partial charge in [0, 0.05) is 28.7 Å². The molecule has 3 saturated carbocycles. The maximum Gasteiger partial charge on any atom is 0.260 e. The van der Waals surface area contributed by atoms with Gasteiger partial charge in [-0.3, -0.25) is 9.59 Å². The summed E-state index contributed by atoms with van der Waals surface area (Å²) in [7, 11) is 1.90. The number of hydrogen-bond donors (Lipinski definition) is 1. The summed E-state index contributed by atoms with van der Waals surface area (Å²) in [6.07, 6.45) is 10.9. The van der Waals surface area contributed by atoms with E-state index in [1.54, 1.807) is 0 Å². The van der Waals surface area contributed by atoms with Gasteiger partial charge in [0.2, 0.25) is 0 Å². The highest BCUT2D eigenvalue weighted by atomic mass is 79.9. The third kappa shape index (κ3) is 3.21. The van der Waals surface area contributed by atoms with E-state index >= 15 is 0 Å². The van der Waals surface area contributed by atoms with E-state index in [0.717, 1.165) is 28.1 Å². The van der Waals surface area contributed by atoms with E-state index in [9.17, 15) is 9.59 Å². The number of anilines is 1. The Labute approximate surface area is 200 Å². The maximum atomic E-state index is 13.4. The highest BCUT2D eigenvalue weighted by Crippen LogP contribution is 2.64. The molecule has 0 bridgehead atoms. The van der Waals surface area contributed by atoms with Crippen molar-refractivity contribution in [3.63, 3.8) is 0 Å². The Balaban J connectivity index is 1.49. The number of carbonyl (C=O) groups excluding carboxylic acids is 2. The lowest BCUT2D eigenvalue weighted by Crippen LogP contribution is -2.60. The van der Waals surface area contributed by atoms with Crippen LogP contribution >= 0.6 is 15.9 Å². The van der Waals surface area contributed by atoms with E-state index in [-0.39, 0.29) is 23.3 Å². The van der Waals surface area contributed by atoms with E-state index in [0.29, 0.717) is 22.8 Å². The third-order valence-corrected chi connectivity index (χ3v) is 10.6. The van der Waals surface area contributed by atoms with Crippen LogP contribution in [0.5, 0.6) is 0 Å².